The molecule has 0 aromatic carbocycles. The molecule has 1 atom stereocenters. The number of carbonyl (C=O) groups is 1. The normalized spacial score (nSPS) is 24.4. The lowest BCUT2D eigenvalue weighted by atomic mass is 10.2. The van der Waals surface area contributed by atoms with Crippen molar-refractivity contribution in [1.82, 2.24) is 9.91 Å². The third-order valence-electron chi connectivity index (χ3n) is 2.79. The van der Waals surface area contributed by atoms with Crippen molar-refractivity contribution < 1.29 is 4.79 Å². The average molecular weight is 290 g/mol. The standard InChI is InChI=1S/C10H13Cl2N5O/c1-5-15-8(11)7(9(12)17(5)13)10-14-3-4-16(10)6(2)18/h5H,3-4,13H2,1-2H3. The maximum Gasteiger partial charge on any atom is 0.225 e. The van der Waals surface area contributed by atoms with E-state index in [1.807, 2.05) is 0 Å². The number of hydrazine groups is 1. The molecule has 2 aliphatic heterocycles. The van der Waals surface area contributed by atoms with Crippen LogP contribution in [0.1, 0.15) is 13.8 Å². The first-order chi connectivity index (χ1) is 8.43. The molecule has 0 saturated heterocycles. The van der Waals surface area contributed by atoms with Gasteiger partial charge < -0.3 is 0 Å². The smallest absolute Gasteiger partial charge is 0.225 e. The monoisotopic (exact) mass is 289 g/mol. The van der Waals surface area contributed by atoms with Gasteiger partial charge in [-0.3, -0.25) is 19.7 Å². The fourth-order valence-electron chi connectivity index (χ4n) is 1.82. The van der Waals surface area contributed by atoms with Crippen molar-refractivity contribution in [3.63, 3.8) is 0 Å². The number of carbonyl (C=O) groups excluding carboxylic acids is 1. The van der Waals surface area contributed by atoms with Crippen LogP contribution in [0.15, 0.2) is 20.7 Å². The van der Waals surface area contributed by atoms with E-state index in [2.05, 4.69) is 9.98 Å². The van der Waals surface area contributed by atoms with Crippen molar-refractivity contribution in [3.05, 3.63) is 10.7 Å². The number of amidine groups is 1. The van der Waals surface area contributed by atoms with Crippen molar-refractivity contribution in [2.24, 2.45) is 15.8 Å². The highest BCUT2D eigenvalue weighted by Gasteiger charge is 2.33. The van der Waals surface area contributed by atoms with E-state index in [0.717, 1.165) is 0 Å². The number of halogens is 2. The third-order valence-corrected chi connectivity index (χ3v) is 3.46. The number of rotatable bonds is 1. The SMILES string of the molecule is CC(=O)N1CCN=C1C1=C(Cl)N(N)C(C)N=C1Cl. The van der Waals surface area contributed by atoms with Crippen molar-refractivity contribution in [2.45, 2.75) is 20.0 Å². The molecule has 0 aromatic heterocycles. The molecule has 0 saturated carbocycles. The van der Waals surface area contributed by atoms with Gasteiger partial charge in [0.1, 0.15) is 22.3 Å². The van der Waals surface area contributed by atoms with Crippen LogP contribution in [0.5, 0.6) is 0 Å². The van der Waals surface area contributed by atoms with Crippen LogP contribution in [0.25, 0.3) is 0 Å². The quantitative estimate of drug-likeness (QED) is 0.575. The Hall–Kier alpha value is -1.11. The molecule has 98 valence electrons. The zero-order valence-electron chi connectivity index (χ0n) is 10.0. The van der Waals surface area contributed by atoms with Gasteiger partial charge in [0.25, 0.3) is 0 Å². The van der Waals surface area contributed by atoms with Crippen molar-refractivity contribution >= 4 is 40.1 Å². The fraction of sp³-hybridized carbons (Fsp3) is 0.500. The second kappa shape index (κ2) is 4.87. The summed E-state index contributed by atoms with van der Waals surface area (Å²) in [6.07, 6.45) is -0.346. The van der Waals surface area contributed by atoms with E-state index in [-0.39, 0.29) is 22.4 Å². The molecule has 0 bridgehead atoms. The minimum absolute atomic E-state index is 0.116. The Morgan fingerprint density at radius 2 is 2.17 bits per heavy atom. The first kappa shape index (κ1) is 13.3. The van der Waals surface area contributed by atoms with Gasteiger partial charge in [-0.2, -0.15) is 0 Å². The summed E-state index contributed by atoms with van der Waals surface area (Å²) in [7, 11) is 0. The summed E-state index contributed by atoms with van der Waals surface area (Å²) in [5.74, 6) is 6.10. The van der Waals surface area contributed by atoms with Gasteiger partial charge in [-0.1, -0.05) is 23.2 Å². The van der Waals surface area contributed by atoms with Gasteiger partial charge in [-0.15, -0.1) is 0 Å². The Bertz CT molecular complexity index is 485. The van der Waals surface area contributed by atoms with Crippen LogP contribution < -0.4 is 5.84 Å². The number of hydrogen-bond donors (Lipinski definition) is 1. The van der Waals surface area contributed by atoms with Crippen LogP contribution in [0.2, 0.25) is 0 Å². The molecule has 0 spiro atoms. The molecule has 0 aromatic rings. The highest BCUT2D eigenvalue weighted by atomic mass is 35.5. The third kappa shape index (κ3) is 2.11. The molecule has 6 nitrogen and oxygen atoms in total. The lowest BCUT2D eigenvalue weighted by molar-refractivity contribution is -0.124. The average Bonchev–Trinajstić information content (AvgIpc) is 2.75. The zero-order valence-corrected chi connectivity index (χ0v) is 11.5. The maximum absolute atomic E-state index is 11.5. The largest absolute Gasteiger partial charge is 0.295 e. The van der Waals surface area contributed by atoms with Crippen molar-refractivity contribution in [1.29, 1.82) is 0 Å². The molecule has 1 amide bonds. The van der Waals surface area contributed by atoms with Crippen LogP contribution in [0, 0.1) is 0 Å². The van der Waals surface area contributed by atoms with E-state index in [1.54, 1.807) is 6.92 Å². The molecule has 18 heavy (non-hydrogen) atoms. The Labute approximate surface area is 115 Å². The number of nitrogens with two attached hydrogens (primary N) is 1. The van der Waals surface area contributed by atoms with Crippen molar-refractivity contribution in [3.8, 4) is 0 Å². The molecule has 2 rings (SSSR count). The molecule has 0 aliphatic carbocycles. The van der Waals surface area contributed by atoms with E-state index in [0.29, 0.717) is 24.5 Å². The van der Waals surface area contributed by atoms with Crippen LogP contribution in [0.4, 0.5) is 0 Å². The summed E-state index contributed by atoms with van der Waals surface area (Å²) in [6, 6.07) is 0. The lowest BCUT2D eigenvalue weighted by Crippen LogP contribution is -2.43. The predicted molar refractivity (Wildman–Crippen MR) is 71.3 cm³/mol. The number of hydrogen-bond acceptors (Lipinski definition) is 5. The molecule has 2 N–H and O–H groups in total. The molecule has 0 radical (unpaired) electrons. The van der Waals surface area contributed by atoms with E-state index >= 15 is 0 Å². The van der Waals surface area contributed by atoms with E-state index in [1.165, 1.54) is 16.8 Å². The van der Waals surface area contributed by atoms with Crippen LogP contribution in [0.3, 0.4) is 0 Å². The minimum Gasteiger partial charge on any atom is -0.295 e. The summed E-state index contributed by atoms with van der Waals surface area (Å²) in [4.78, 5) is 21.4. The van der Waals surface area contributed by atoms with Gasteiger partial charge in [-0.05, 0) is 6.92 Å². The zero-order chi connectivity index (χ0) is 13.4. The van der Waals surface area contributed by atoms with Crippen molar-refractivity contribution in [2.75, 3.05) is 13.1 Å². The number of aliphatic imine (C=N–C) groups is 2. The molecule has 2 heterocycles. The molecular formula is C10H13Cl2N5O. The summed E-state index contributed by atoms with van der Waals surface area (Å²) < 4.78 is 0. The first-order valence-electron chi connectivity index (χ1n) is 5.43. The van der Waals surface area contributed by atoms with Gasteiger partial charge in [0, 0.05) is 13.5 Å². The second-order valence-electron chi connectivity index (χ2n) is 4.00. The number of nitrogens with zero attached hydrogens (tertiary/aromatic N) is 4. The van der Waals surface area contributed by atoms with Crippen LogP contribution in [-0.2, 0) is 4.79 Å². The molecule has 0 fully saturated rings. The summed E-state index contributed by atoms with van der Waals surface area (Å²) in [6.45, 7) is 4.27. The molecule has 1 unspecified atom stereocenters. The lowest BCUT2D eigenvalue weighted by Gasteiger charge is -2.30. The summed E-state index contributed by atoms with van der Waals surface area (Å²) >= 11 is 12.3. The maximum atomic E-state index is 11.5. The Morgan fingerprint density at radius 3 is 2.78 bits per heavy atom. The van der Waals surface area contributed by atoms with E-state index in [4.69, 9.17) is 29.0 Å². The van der Waals surface area contributed by atoms with E-state index < -0.39 is 0 Å². The number of amides is 1. The Kier molecular flexibility index (Phi) is 3.61. The first-order valence-corrected chi connectivity index (χ1v) is 6.19. The predicted octanol–water partition coefficient (Wildman–Crippen LogP) is 0.870. The van der Waals surface area contributed by atoms with Gasteiger partial charge in [0.05, 0.1) is 12.1 Å². The molecule has 2 aliphatic rings. The highest BCUT2D eigenvalue weighted by molar-refractivity contribution is 6.73. The van der Waals surface area contributed by atoms with Gasteiger partial charge in [-0.25, -0.2) is 10.8 Å². The Morgan fingerprint density at radius 1 is 1.50 bits per heavy atom. The minimum atomic E-state index is -0.346. The molecule has 8 heteroatoms. The highest BCUT2D eigenvalue weighted by Crippen LogP contribution is 2.27. The van der Waals surface area contributed by atoms with Gasteiger partial charge in [0.15, 0.2) is 0 Å². The van der Waals surface area contributed by atoms with Gasteiger partial charge in [0.2, 0.25) is 5.91 Å². The van der Waals surface area contributed by atoms with E-state index in [9.17, 15) is 4.79 Å². The van der Waals surface area contributed by atoms with Crippen LogP contribution in [-0.4, -0.2) is 46.1 Å². The van der Waals surface area contributed by atoms with Gasteiger partial charge >= 0.3 is 0 Å². The topological polar surface area (TPSA) is 74.3 Å². The fourth-order valence-corrected chi connectivity index (χ4v) is 2.50. The molecular weight excluding hydrogens is 277 g/mol. The summed E-state index contributed by atoms with van der Waals surface area (Å²) in [5.41, 5.74) is 0.409. The second-order valence-corrected chi connectivity index (χ2v) is 4.72. The summed E-state index contributed by atoms with van der Waals surface area (Å²) in [5, 5.41) is 1.76. The van der Waals surface area contributed by atoms with Crippen LogP contribution >= 0.6 is 23.2 Å². The Balaban J connectivity index is 2.44.